The monoisotopic (exact) mass is 239 g/mol. The van der Waals surface area contributed by atoms with Crippen molar-refractivity contribution in [2.45, 2.75) is 18.7 Å². The molecule has 0 saturated heterocycles. The van der Waals surface area contributed by atoms with Crippen molar-refractivity contribution in [2.75, 3.05) is 17.6 Å². The van der Waals surface area contributed by atoms with Gasteiger partial charge in [0, 0.05) is 6.54 Å². The maximum Gasteiger partial charge on any atom is 0.180 e. The standard InChI is InChI=1S/C12H17NO2S/c1-4-16(14,15)12-8-6-5-7-11(12)13-9-10(2)3/h5-8,13H,2,4,9H2,1,3H3. The van der Waals surface area contributed by atoms with Crippen LogP contribution in [0.25, 0.3) is 0 Å². The Balaban J connectivity index is 3.06. The Labute approximate surface area is 97.1 Å². The first kappa shape index (κ1) is 12.8. The minimum atomic E-state index is -3.17. The van der Waals surface area contributed by atoms with Crippen molar-refractivity contribution in [3.05, 3.63) is 36.4 Å². The average molecular weight is 239 g/mol. The van der Waals surface area contributed by atoms with Gasteiger partial charge in [0.15, 0.2) is 9.84 Å². The Kier molecular flexibility index (Phi) is 4.12. The molecule has 0 bridgehead atoms. The van der Waals surface area contributed by atoms with Gasteiger partial charge in [-0.05, 0) is 19.1 Å². The average Bonchev–Trinajstić information content (AvgIpc) is 2.26. The van der Waals surface area contributed by atoms with E-state index in [2.05, 4.69) is 11.9 Å². The van der Waals surface area contributed by atoms with Crippen molar-refractivity contribution in [1.82, 2.24) is 0 Å². The summed E-state index contributed by atoms with van der Waals surface area (Å²) in [7, 11) is -3.17. The largest absolute Gasteiger partial charge is 0.380 e. The van der Waals surface area contributed by atoms with Gasteiger partial charge >= 0.3 is 0 Å². The third kappa shape index (κ3) is 3.10. The molecule has 4 heteroatoms. The summed E-state index contributed by atoms with van der Waals surface area (Å²) in [5.41, 5.74) is 1.61. The molecule has 0 amide bonds. The predicted molar refractivity (Wildman–Crippen MR) is 67.5 cm³/mol. The van der Waals surface area contributed by atoms with E-state index in [0.717, 1.165) is 5.57 Å². The maximum absolute atomic E-state index is 11.8. The van der Waals surface area contributed by atoms with E-state index >= 15 is 0 Å². The molecular formula is C12H17NO2S. The van der Waals surface area contributed by atoms with Crippen LogP contribution >= 0.6 is 0 Å². The van der Waals surface area contributed by atoms with Crippen molar-refractivity contribution in [3.8, 4) is 0 Å². The molecule has 0 aliphatic rings. The number of benzene rings is 1. The van der Waals surface area contributed by atoms with Gasteiger partial charge < -0.3 is 5.32 Å². The molecule has 0 unspecified atom stereocenters. The van der Waals surface area contributed by atoms with Crippen molar-refractivity contribution in [3.63, 3.8) is 0 Å². The zero-order valence-corrected chi connectivity index (χ0v) is 10.5. The van der Waals surface area contributed by atoms with Crippen molar-refractivity contribution < 1.29 is 8.42 Å². The smallest absolute Gasteiger partial charge is 0.180 e. The molecule has 1 aromatic rings. The molecule has 88 valence electrons. The summed E-state index contributed by atoms with van der Waals surface area (Å²) in [6.45, 7) is 7.89. The highest BCUT2D eigenvalue weighted by Crippen LogP contribution is 2.21. The Morgan fingerprint density at radius 1 is 1.38 bits per heavy atom. The number of anilines is 1. The maximum atomic E-state index is 11.8. The van der Waals surface area contributed by atoms with E-state index in [1.165, 1.54) is 0 Å². The quantitative estimate of drug-likeness (QED) is 0.803. The third-order valence-electron chi connectivity index (χ3n) is 2.18. The lowest BCUT2D eigenvalue weighted by Crippen LogP contribution is -2.10. The Morgan fingerprint density at radius 2 is 2.00 bits per heavy atom. The van der Waals surface area contributed by atoms with Gasteiger partial charge in [-0.2, -0.15) is 0 Å². The van der Waals surface area contributed by atoms with Crippen LogP contribution in [-0.2, 0) is 9.84 Å². The van der Waals surface area contributed by atoms with E-state index in [9.17, 15) is 8.42 Å². The van der Waals surface area contributed by atoms with E-state index in [-0.39, 0.29) is 5.75 Å². The summed E-state index contributed by atoms with van der Waals surface area (Å²) < 4.78 is 23.6. The molecule has 1 N–H and O–H groups in total. The SMILES string of the molecule is C=C(C)CNc1ccccc1S(=O)(=O)CC. The predicted octanol–water partition coefficient (Wildman–Crippen LogP) is 2.47. The fourth-order valence-corrected chi connectivity index (χ4v) is 2.36. The molecule has 0 fully saturated rings. The molecule has 0 aliphatic carbocycles. The molecule has 16 heavy (non-hydrogen) atoms. The molecule has 0 radical (unpaired) electrons. The van der Waals surface area contributed by atoms with E-state index in [4.69, 9.17) is 0 Å². The van der Waals surface area contributed by atoms with Gasteiger partial charge in [-0.1, -0.05) is 31.2 Å². The number of sulfone groups is 1. The van der Waals surface area contributed by atoms with E-state index in [1.807, 2.05) is 13.0 Å². The molecule has 0 aliphatic heterocycles. The number of hydrogen-bond acceptors (Lipinski definition) is 3. The summed E-state index contributed by atoms with van der Waals surface area (Å²) in [4.78, 5) is 0.360. The Bertz CT molecular complexity index is 478. The number of para-hydroxylation sites is 1. The first-order valence-corrected chi connectivity index (χ1v) is 6.82. The van der Waals surface area contributed by atoms with Crippen molar-refractivity contribution in [1.29, 1.82) is 0 Å². The van der Waals surface area contributed by atoms with Gasteiger partial charge in [0.05, 0.1) is 16.3 Å². The molecular weight excluding hydrogens is 222 g/mol. The summed E-state index contributed by atoms with van der Waals surface area (Å²) >= 11 is 0. The molecule has 0 spiro atoms. The third-order valence-corrected chi connectivity index (χ3v) is 3.97. The van der Waals surface area contributed by atoms with Crippen LogP contribution in [0.1, 0.15) is 13.8 Å². The van der Waals surface area contributed by atoms with Gasteiger partial charge in [-0.3, -0.25) is 0 Å². The lowest BCUT2D eigenvalue weighted by atomic mass is 10.3. The molecule has 0 atom stereocenters. The summed E-state index contributed by atoms with van der Waals surface area (Å²) in [6.07, 6.45) is 0. The second-order valence-corrected chi connectivity index (χ2v) is 5.96. The summed E-state index contributed by atoms with van der Waals surface area (Å²) in [5.74, 6) is 0.110. The van der Waals surface area contributed by atoms with Crippen LogP contribution in [0, 0.1) is 0 Å². The van der Waals surface area contributed by atoms with Gasteiger partial charge in [0.1, 0.15) is 0 Å². The fraction of sp³-hybridized carbons (Fsp3) is 0.333. The number of hydrogen-bond donors (Lipinski definition) is 1. The molecule has 3 nitrogen and oxygen atoms in total. The summed E-state index contributed by atoms with van der Waals surface area (Å²) in [5, 5.41) is 3.07. The Morgan fingerprint density at radius 3 is 2.56 bits per heavy atom. The Hall–Kier alpha value is -1.29. The van der Waals surface area contributed by atoms with Crippen LogP contribution in [0.15, 0.2) is 41.3 Å². The van der Waals surface area contributed by atoms with Crippen molar-refractivity contribution >= 4 is 15.5 Å². The van der Waals surface area contributed by atoms with Crippen LogP contribution in [0.2, 0.25) is 0 Å². The van der Waals surface area contributed by atoms with Crippen LogP contribution in [0.5, 0.6) is 0 Å². The lowest BCUT2D eigenvalue weighted by molar-refractivity contribution is 0.597. The van der Waals surface area contributed by atoms with Gasteiger partial charge in [0.25, 0.3) is 0 Å². The molecule has 1 rings (SSSR count). The molecule has 0 aromatic heterocycles. The van der Waals surface area contributed by atoms with E-state index in [1.54, 1.807) is 25.1 Å². The molecule has 0 heterocycles. The van der Waals surface area contributed by atoms with E-state index < -0.39 is 9.84 Å². The normalized spacial score (nSPS) is 11.1. The van der Waals surface area contributed by atoms with Gasteiger partial charge in [-0.25, -0.2) is 8.42 Å². The van der Waals surface area contributed by atoms with Crippen LogP contribution in [0.3, 0.4) is 0 Å². The van der Waals surface area contributed by atoms with Gasteiger partial charge in [0.2, 0.25) is 0 Å². The first-order chi connectivity index (χ1) is 7.47. The minimum absolute atomic E-state index is 0.110. The second kappa shape index (κ2) is 5.16. The van der Waals surface area contributed by atoms with Crippen LogP contribution < -0.4 is 5.32 Å². The molecule has 1 aromatic carbocycles. The first-order valence-electron chi connectivity index (χ1n) is 5.17. The number of rotatable bonds is 5. The number of nitrogens with one attached hydrogen (secondary N) is 1. The lowest BCUT2D eigenvalue weighted by Gasteiger charge is -2.11. The van der Waals surface area contributed by atoms with Crippen LogP contribution in [-0.4, -0.2) is 20.7 Å². The zero-order chi connectivity index (χ0) is 12.2. The van der Waals surface area contributed by atoms with Crippen molar-refractivity contribution in [2.24, 2.45) is 0 Å². The van der Waals surface area contributed by atoms with Crippen LogP contribution in [0.4, 0.5) is 5.69 Å². The fourth-order valence-electron chi connectivity index (χ4n) is 1.29. The van der Waals surface area contributed by atoms with E-state index in [0.29, 0.717) is 17.1 Å². The summed E-state index contributed by atoms with van der Waals surface area (Å²) in [6, 6.07) is 6.94. The van der Waals surface area contributed by atoms with Gasteiger partial charge in [-0.15, -0.1) is 0 Å². The highest BCUT2D eigenvalue weighted by molar-refractivity contribution is 7.91. The minimum Gasteiger partial charge on any atom is -0.380 e. The highest BCUT2D eigenvalue weighted by Gasteiger charge is 2.15. The molecule has 0 saturated carbocycles. The zero-order valence-electron chi connectivity index (χ0n) is 9.66. The second-order valence-electron chi connectivity index (χ2n) is 3.71. The topological polar surface area (TPSA) is 46.2 Å². The highest BCUT2D eigenvalue weighted by atomic mass is 32.2.